The molecule has 2 rings (SSSR count). The van der Waals surface area contributed by atoms with Crippen LogP contribution < -0.4 is 4.74 Å². The summed E-state index contributed by atoms with van der Waals surface area (Å²) in [5.41, 5.74) is 1.72. The van der Waals surface area contributed by atoms with Crippen LogP contribution in [-0.4, -0.2) is 7.11 Å². The van der Waals surface area contributed by atoms with Crippen molar-refractivity contribution in [3.05, 3.63) is 42.0 Å². The molecule has 1 atom stereocenters. The van der Waals surface area contributed by atoms with E-state index < -0.39 is 0 Å². The maximum atomic E-state index is 5.40. The first kappa shape index (κ1) is 12.2. The molecule has 0 saturated carbocycles. The van der Waals surface area contributed by atoms with Gasteiger partial charge in [0, 0.05) is 0 Å². The van der Waals surface area contributed by atoms with Gasteiger partial charge in [-0.1, -0.05) is 37.3 Å². The lowest BCUT2D eigenvalue weighted by molar-refractivity contribution is 0.334. The van der Waals surface area contributed by atoms with E-state index in [-0.39, 0.29) is 0 Å². The summed E-state index contributed by atoms with van der Waals surface area (Å²) in [6.07, 6.45) is 11.0. The van der Waals surface area contributed by atoms with Gasteiger partial charge in [0.25, 0.3) is 0 Å². The lowest BCUT2D eigenvalue weighted by Gasteiger charge is -2.29. The molecule has 0 bridgehead atoms. The molecule has 0 saturated heterocycles. The van der Waals surface area contributed by atoms with Crippen molar-refractivity contribution in [3.8, 4) is 5.75 Å². The van der Waals surface area contributed by atoms with E-state index in [0.29, 0.717) is 5.41 Å². The van der Waals surface area contributed by atoms with Crippen LogP contribution in [0.4, 0.5) is 0 Å². The summed E-state index contributed by atoms with van der Waals surface area (Å²) in [6.45, 7) is 2.37. The average molecular weight is 230 g/mol. The van der Waals surface area contributed by atoms with E-state index in [1.165, 1.54) is 31.2 Å². The van der Waals surface area contributed by atoms with Crippen molar-refractivity contribution in [3.63, 3.8) is 0 Å². The molecule has 1 unspecified atom stereocenters. The van der Waals surface area contributed by atoms with Crippen LogP contribution in [0.5, 0.6) is 5.75 Å². The van der Waals surface area contributed by atoms with Crippen LogP contribution >= 0.6 is 0 Å². The molecular weight excluding hydrogens is 208 g/mol. The first-order valence-electron chi connectivity index (χ1n) is 6.53. The first-order chi connectivity index (χ1) is 8.23. The van der Waals surface area contributed by atoms with Gasteiger partial charge in [-0.25, -0.2) is 0 Å². The summed E-state index contributed by atoms with van der Waals surface area (Å²) in [5, 5.41) is 0. The fraction of sp³-hybridized carbons (Fsp3) is 0.500. The van der Waals surface area contributed by atoms with E-state index in [4.69, 9.17) is 4.74 Å². The third-order valence-corrected chi connectivity index (χ3v) is 3.80. The SMILES string of the molecule is COc1ccccc1CCC1(C)C=CCCC1. The number of rotatable bonds is 4. The zero-order valence-corrected chi connectivity index (χ0v) is 10.9. The molecule has 0 spiro atoms. The molecule has 1 aliphatic rings. The number of para-hydroxylation sites is 1. The first-order valence-corrected chi connectivity index (χ1v) is 6.53. The highest BCUT2D eigenvalue weighted by molar-refractivity contribution is 5.33. The van der Waals surface area contributed by atoms with Crippen LogP contribution in [-0.2, 0) is 6.42 Å². The predicted octanol–water partition coefficient (Wildman–Crippen LogP) is 4.37. The van der Waals surface area contributed by atoms with Crippen LogP contribution in [0.2, 0.25) is 0 Å². The molecule has 0 aliphatic heterocycles. The maximum Gasteiger partial charge on any atom is 0.122 e. The Morgan fingerprint density at radius 1 is 1.29 bits per heavy atom. The molecule has 0 aromatic heterocycles. The van der Waals surface area contributed by atoms with E-state index in [1.54, 1.807) is 7.11 Å². The van der Waals surface area contributed by atoms with Crippen LogP contribution in [0.1, 0.15) is 38.2 Å². The minimum Gasteiger partial charge on any atom is -0.496 e. The highest BCUT2D eigenvalue weighted by atomic mass is 16.5. The molecule has 1 aromatic carbocycles. The third-order valence-electron chi connectivity index (χ3n) is 3.80. The number of hydrogen-bond acceptors (Lipinski definition) is 1. The quantitative estimate of drug-likeness (QED) is 0.698. The number of ether oxygens (including phenoxy) is 1. The molecule has 1 heteroatoms. The fourth-order valence-corrected chi connectivity index (χ4v) is 2.61. The van der Waals surface area contributed by atoms with E-state index in [9.17, 15) is 0 Å². The summed E-state index contributed by atoms with van der Waals surface area (Å²) < 4.78 is 5.40. The van der Waals surface area contributed by atoms with E-state index >= 15 is 0 Å². The Balaban J connectivity index is 2.02. The molecule has 0 heterocycles. The Morgan fingerprint density at radius 3 is 2.82 bits per heavy atom. The maximum absolute atomic E-state index is 5.40. The van der Waals surface area contributed by atoms with Gasteiger partial charge >= 0.3 is 0 Å². The van der Waals surface area contributed by atoms with E-state index in [1.807, 2.05) is 12.1 Å². The molecule has 17 heavy (non-hydrogen) atoms. The van der Waals surface area contributed by atoms with Gasteiger partial charge in [-0.2, -0.15) is 0 Å². The highest BCUT2D eigenvalue weighted by Gasteiger charge is 2.22. The smallest absolute Gasteiger partial charge is 0.122 e. The molecular formula is C16H22O. The Kier molecular flexibility index (Phi) is 3.88. The van der Waals surface area contributed by atoms with Gasteiger partial charge in [-0.05, 0) is 49.1 Å². The second kappa shape index (κ2) is 5.39. The number of allylic oxidation sites excluding steroid dienone is 2. The summed E-state index contributed by atoms with van der Waals surface area (Å²) in [4.78, 5) is 0. The summed E-state index contributed by atoms with van der Waals surface area (Å²) >= 11 is 0. The van der Waals surface area contributed by atoms with Crippen molar-refractivity contribution in [2.24, 2.45) is 5.41 Å². The zero-order chi connectivity index (χ0) is 12.1. The van der Waals surface area contributed by atoms with Crippen molar-refractivity contribution < 1.29 is 4.74 Å². The molecule has 1 nitrogen and oxygen atoms in total. The standard InChI is InChI=1S/C16H22O/c1-16(11-6-3-7-12-16)13-10-14-8-4-5-9-15(14)17-2/h4-6,8-9,11H,3,7,10,12-13H2,1-2H3. The predicted molar refractivity (Wildman–Crippen MR) is 72.4 cm³/mol. The van der Waals surface area contributed by atoms with E-state index in [2.05, 4.69) is 31.2 Å². The number of hydrogen-bond donors (Lipinski definition) is 0. The van der Waals surface area contributed by atoms with Crippen molar-refractivity contribution in [2.45, 2.75) is 39.0 Å². The van der Waals surface area contributed by atoms with Crippen molar-refractivity contribution in [1.82, 2.24) is 0 Å². The van der Waals surface area contributed by atoms with Gasteiger partial charge in [-0.3, -0.25) is 0 Å². The zero-order valence-electron chi connectivity index (χ0n) is 10.9. The van der Waals surface area contributed by atoms with Crippen molar-refractivity contribution in [2.75, 3.05) is 7.11 Å². The summed E-state index contributed by atoms with van der Waals surface area (Å²) in [7, 11) is 1.75. The van der Waals surface area contributed by atoms with Gasteiger partial charge in [0.15, 0.2) is 0 Å². The van der Waals surface area contributed by atoms with Crippen LogP contribution in [0.15, 0.2) is 36.4 Å². The topological polar surface area (TPSA) is 9.23 Å². The summed E-state index contributed by atoms with van der Waals surface area (Å²) in [5.74, 6) is 1.02. The van der Waals surface area contributed by atoms with Crippen LogP contribution in [0.3, 0.4) is 0 Å². The molecule has 92 valence electrons. The van der Waals surface area contributed by atoms with Gasteiger partial charge in [0.1, 0.15) is 5.75 Å². The third kappa shape index (κ3) is 3.12. The van der Waals surface area contributed by atoms with Gasteiger partial charge < -0.3 is 4.74 Å². The Labute approximate surface area is 104 Å². The van der Waals surface area contributed by atoms with Gasteiger partial charge in [0.05, 0.1) is 7.11 Å². The molecule has 0 fully saturated rings. The number of aryl methyl sites for hydroxylation is 1. The Hall–Kier alpha value is -1.24. The van der Waals surface area contributed by atoms with Crippen LogP contribution in [0.25, 0.3) is 0 Å². The van der Waals surface area contributed by atoms with Crippen molar-refractivity contribution >= 4 is 0 Å². The summed E-state index contributed by atoms with van der Waals surface area (Å²) in [6, 6.07) is 8.35. The normalized spacial score (nSPS) is 23.6. The fourth-order valence-electron chi connectivity index (χ4n) is 2.61. The minimum absolute atomic E-state index is 0.388. The highest BCUT2D eigenvalue weighted by Crippen LogP contribution is 2.35. The lowest BCUT2D eigenvalue weighted by atomic mass is 9.76. The molecule has 1 aliphatic carbocycles. The van der Waals surface area contributed by atoms with E-state index in [0.717, 1.165) is 12.2 Å². The van der Waals surface area contributed by atoms with Gasteiger partial charge in [0.2, 0.25) is 0 Å². The second-order valence-electron chi connectivity index (χ2n) is 5.26. The molecule has 0 amide bonds. The minimum atomic E-state index is 0.388. The lowest BCUT2D eigenvalue weighted by Crippen LogP contribution is -2.16. The molecule has 0 radical (unpaired) electrons. The monoisotopic (exact) mass is 230 g/mol. The molecule has 0 N–H and O–H groups in total. The number of methoxy groups -OCH3 is 1. The van der Waals surface area contributed by atoms with Crippen molar-refractivity contribution in [1.29, 1.82) is 0 Å². The second-order valence-corrected chi connectivity index (χ2v) is 5.26. The largest absolute Gasteiger partial charge is 0.496 e. The molecule has 1 aromatic rings. The number of benzene rings is 1. The van der Waals surface area contributed by atoms with Gasteiger partial charge in [-0.15, -0.1) is 0 Å². The average Bonchev–Trinajstić information content (AvgIpc) is 2.38. The van der Waals surface area contributed by atoms with Crippen LogP contribution in [0, 0.1) is 5.41 Å². The Morgan fingerprint density at radius 2 is 2.12 bits per heavy atom. The Bertz CT molecular complexity index is 394.